The maximum absolute atomic E-state index is 13.1. The third kappa shape index (κ3) is 4.00. The third-order valence-electron chi connectivity index (χ3n) is 6.30. The van der Waals surface area contributed by atoms with E-state index in [1.807, 2.05) is 47.1 Å². The maximum atomic E-state index is 13.1. The van der Waals surface area contributed by atoms with Crippen molar-refractivity contribution in [3.63, 3.8) is 0 Å². The zero-order chi connectivity index (χ0) is 20.4. The fourth-order valence-electron chi connectivity index (χ4n) is 4.53. The molecule has 29 heavy (non-hydrogen) atoms. The van der Waals surface area contributed by atoms with Crippen LogP contribution < -0.4 is 4.90 Å². The van der Waals surface area contributed by atoms with Crippen LogP contribution in [0.5, 0.6) is 0 Å². The molecule has 0 aromatic heterocycles. The molecular weight excluding hydrogens is 362 g/mol. The molecular formula is C24H29N3O2. The van der Waals surface area contributed by atoms with E-state index in [0.29, 0.717) is 26.1 Å². The Morgan fingerprint density at radius 2 is 1.62 bits per heavy atom. The highest BCUT2D eigenvalue weighted by atomic mass is 16.2. The van der Waals surface area contributed by atoms with Gasteiger partial charge in [-0.15, -0.1) is 0 Å². The average Bonchev–Trinajstić information content (AvgIpc) is 3.15. The summed E-state index contributed by atoms with van der Waals surface area (Å²) in [5, 5.41) is 0. The van der Waals surface area contributed by atoms with E-state index < -0.39 is 0 Å². The molecule has 2 amide bonds. The van der Waals surface area contributed by atoms with Crippen LogP contribution in [-0.2, 0) is 9.59 Å². The Morgan fingerprint density at radius 1 is 0.966 bits per heavy atom. The van der Waals surface area contributed by atoms with Crippen molar-refractivity contribution in [1.29, 1.82) is 0 Å². The van der Waals surface area contributed by atoms with Gasteiger partial charge in [0.2, 0.25) is 11.8 Å². The van der Waals surface area contributed by atoms with Crippen LogP contribution in [0.1, 0.15) is 30.5 Å². The Kier molecular flexibility index (Phi) is 5.56. The highest BCUT2D eigenvalue weighted by Gasteiger charge is 2.39. The van der Waals surface area contributed by atoms with Crippen LogP contribution in [0.25, 0.3) is 0 Å². The molecule has 0 aliphatic carbocycles. The number of nitrogens with zero attached hydrogens (tertiary/aromatic N) is 3. The number of para-hydroxylation sites is 1. The van der Waals surface area contributed by atoms with Crippen molar-refractivity contribution in [2.45, 2.75) is 26.3 Å². The molecule has 5 nitrogen and oxygen atoms in total. The van der Waals surface area contributed by atoms with Crippen LogP contribution in [0.15, 0.2) is 54.6 Å². The summed E-state index contributed by atoms with van der Waals surface area (Å²) < 4.78 is 0. The molecule has 2 atom stereocenters. The summed E-state index contributed by atoms with van der Waals surface area (Å²) in [5.41, 5.74) is 3.62. The molecule has 2 aliphatic rings. The van der Waals surface area contributed by atoms with Crippen LogP contribution in [0, 0.1) is 12.8 Å². The van der Waals surface area contributed by atoms with E-state index in [2.05, 4.69) is 36.1 Å². The molecule has 5 heteroatoms. The van der Waals surface area contributed by atoms with E-state index in [1.165, 1.54) is 11.3 Å². The summed E-state index contributed by atoms with van der Waals surface area (Å²) in [5.74, 6) is -0.0116. The van der Waals surface area contributed by atoms with E-state index in [0.717, 1.165) is 18.7 Å². The van der Waals surface area contributed by atoms with Gasteiger partial charge in [0.05, 0.1) is 12.0 Å². The van der Waals surface area contributed by atoms with E-state index in [9.17, 15) is 9.59 Å². The zero-order valence-corrected chi connectivity index (χ0v) is 17.3. The number of rotatable bonds is 4. The van der Waals surface area contributed by atoms with E-state index >= 15 is 0 Å². The number of hydrogen-bond acceptors (Lipinski definition) is 3. The quantitative estimate of drug-likeness (QED) is 0.804. The Balaban J connectivity index is 1.36. The molecule has 2 aromatic carbocycles. The molecule has 0 unspecified atom stereocenters. The first kappa shape index (κ1) is 19.5. The number of carbonyl (C=O) groups excluding carboxylic acids is 2. The number of carbonyl (C=O) groups is 2. The first-order valence-corrected chi connectivity index (χ1v) is 10.5. The minimum atomic E-state index is -0.223. The van der Waals surface area contributed by atoms with Crippen molar-refractivity contribution in [2.75, 3.05) is 37.6 Å². The van der Waals surface area contributed by atoms with Gasteiger partial charge in [0.1, 0.15) is 0 Å². The monoisotopic (exact) mass is 391 g/mol. The van der Waals surface area contributed by atoms with Crippen LogP contribution in [-0.4, -0.2) is 54.3 Å². The molecule has 2 fully saturated rings. The molecule has 2 aromatic rings. The lowest BCUT2D eigenvalue weighted by Crippen LogP contribution is -2.50. The Hall–Kier alpha value is -2.82. The fraction of sp³-hybridized carbons (Fsp3) is 0.417. The zero-order valence-electron chi connectivity index (χ0n) is 17.3. The van der Waals surface area contributed by atoms with Crippen LogP contribution in [0.3, 0.4) is 0 Å². The molecule has 4 rings (SSSR count). The molecule has 0 N–H and O–H groups in total. The molecule has 2 saturated heterocycles. The van der Waals surface area contributed by atoms with Crippen LogP contribution >= 0.6 is 0 Å². The summed E-state index contributed by atoms with van der Waals surface area (Å²) in [7, 11) is 0. The first-order valence-electron chi connectivity index (χ1n) is 10.5. The smallest absolute Gasteiger partial charge is 0.228 e. The lowest BCUT2D eigenvalue weighted by molar-refractivity contribution is -0.136. The van der Waals surface area contributed by atoms with Crippen LogP contribution in [0.2, 0.25) is 0 Å². The second-order valence-corrected chi connectivity index (χ2v) is 8.13. The van der Waals surface area contributed by atoms with Gasteiger partial charge in [-0.3, -0.25) is 9.59 Å². The van der Waals surface area contributed by atoms with Crippen molar-refractivity contribution < 1.29 is 9.59 Å². The minimum Gasteiger partial charge on any atom is -0.368 e. The van der Waals surface area contributed by atoms with Gasteiger partial charge in [0.25, 0.3) is 0 Å². The van der Waals surface area contributed by atoms with Gasteiger partial charge in [-0.25, -0.2) is 0 Å². The summed E-state index contributed by atoms with van der Waals surface area (Å²) in [4.78, 5) is 31.9. The normalized spacial score (nSPS) is 20.8. The number of benzene rings is 2. The van der Waals surface area contributed by atoms with Gasteiger partial charge < -0.3 is 14.7 Å². The van der Waals surface area contributed by atoms with Gasteiger partial charge in [-0.2, -0.15) is 0 Å². The van der Waals surface area contributed by atoms with Crippen molar-refractivity contribution in [3.05, 3.63) is 65.7 Å². The van der Waals surface area contributed by atoms with Gasteiger partial charge in [-0.05, 0) is 31.0 Å². The molecule has 0 spiro atoms. The lowest BCUT2D eigenvalue weighted by atomic mass is 10.1. The van der Waals surface area contributed by atoms with E-state index in [1.54, 1.807) is 0 Å². The van der Waals surface area contributed by atoms with Crippen LogP contribution in [0.4, 0.5) is 5.69 Å². The minimum absolute atomic E-state index is 0.000553. The third-order valence-corrected chi connectivity index (χ3v) is 6.30. The predicted molar refractivity (Wildman–Crippen MR) is 115 cm³/mol. The number of anilines is 1. The Morgan fingerprint density at radius 3 is 2.31 bits per heavy atom. The second kappa shape index (κ2) is 8.27. The second-order valence-electron chi connectivity index (χ2n) is 8.13. The first-order chi connectivity index (χ1) is 14.0. The standard InChI is InChI=1S/C24H29N3O2/c1-18-8-6-7-11-22(18)25-12-14-26(15-13-25)24(29)21-16-23(28)27(17-21)19(2)20-9-4-3-5-10-20/h3-11,19,21H,12-17H2,1-2H3/t19-,21+/m0/s1. The maximum Gasteiger partial charge on any atom is 0.228 e. The number of likely N-dealkylation sites (tertiary alicyclic amines) is 1. The number of piperazine rings is 1. The average molecular weight is 392 g/mol. The molecule has 0 bridgehead atoms. The van der Waals surface area contributed by atoms with Gasteiger partial charge in [-0.1, -0.05) is 48.5 Å². The fourth-order valence-corrected chi connectivity index (χ4v) is 4.53. The SMILES string of the molecule is Cc1ccccc1N1CCN(C(=O)[C@@H]2CC(=O)N([C@@H](C)c3ccccc3)C2)CC1. The molecule has 2 heterocycles. The molecule has 2 aliphatic heterocycles. The lowest BCUT2D eigenvalue weighted by Gasteiger charge is -2.37. The van der Waals surface area contributed by atoms with Crippen molar-refractivity contribution in [3.8, 4) is 0 Å². The summed E-state index contributed by atoms with van der Waals surface area (Å²) >= 11 is 0. The highest BCUT2D eigenvalue weighted by molar-refractivity contribution is 5.89. The molecule has 0 saturated carbocycles. The summed E-state index contributed by atoms with van der Waals surface area (Å²) in [6, 6.07) is 18.4. The number of aryl methyl sites for hydroxylation is 1. The Bertz CT molecular complexity index is 875. The van der Waals surface area contributed by atoms with Crippen molar-refractivity contribution in [2.24, 2.45) is 5.92 Å². The predicted octanol–water partition coefficient (Wildman–Crippen LogP) is 3.25. The number of hydrogen-bond donors (Lipinski definition) is 0. The summed E-state index contributed by atoms with van der Waals surface area (Å²) in [6.45, 7) is 7.78. The largest absolute Gasteiger partial charge is 0.368 e. The van der Waals surface area contributed by atoms with Crippen molar-refractivity contribution in [1.82, 2.24) is 9.80 Å². The van der Waals surface area contributed by atoms with Gasteiger partial charge >= 0.3 is 0 Å². The van der Waals surface area contributed by atoms with E-state index in [4.69, 9.17) is 0 Å². The van der Waals surface area contributed by atoms with Gasteiger partial charge in [0.15, 0.2) is 0 Å². The Labute approximate surface area is 172 Å². The number of amides is 2. The topological polar surface area (TPSA) is 43.9 Å². The van der Waals surface area contributed by atoms with Gasteiger partial charge in [0, 0.05) is 44.8 Å². The van der Waals surface area contributed by atoms with E-state index in [-0.39, 0.29) is 23.8 Å². The highest BCUT2D eigenvalue weighted by Crippen LogP contribution is 2.30. The summed E-state index contributed by atoms with van der Waals surface area (Å²) in [6.07, 6.45) is 0.327. The van der Waals surface area contributed by atoms with Crippen molar-refractivity contribution >= 4 is 17.5 Å². The molecule has 152 valence electrons. The molecule has 0 radical (unpaired) electrons.